The molecular weight excluding hydrogens is 378 g/mol. The summed E-state index contributed by atoms with van der Waals surface area (Å²) in [6, 6.07) is 23.1. The first-order chi connectivity index (χ1) is 14.8. The molecule has 152 valence electrons. The first-order valence-corrected chi connectivity index (χ1v) is 9.93. The van der Waals surface area contributed by atoms with Gasteiger partial charge >= 0.3 is 0 Å². The number of rotatable bonds is 8. The van der Waals surface area contributed by atoms with Crippen LogP contribution in [0.1, 0.15) is 13.8 Å². The number of hydrogen-bond donors (Lipinski definition) is 0. The Bertz CT molecular complexity index is 1120. The summed E-state index contributed by atoms with van der Waals surface area (Å²) in [5.74, 6) is 2.49. The van der Waals surface area contributed by atoms with Crippen molar-refractivity contribution in [2.24, 2.45) is 0 Å². The number of aromatic nitrogens is 2. The molecule has 3 aromatic carbocycles. The predicted octanol–water partition coefficient (Wildman–Crippen LogP) is 5.91. The number of ether oxygens (including phenoxy) is 2. The third-order valence-corrected chi connectivity index (χ3v) is 4.34. The molecule has 0 aliphatic heterocycles. The van der Waals surface area contributed by atoms with Crippen LogP contribution in [0.3, 0.4) is 0 Å². The molecule has 6 nitrogen and oxygen atoms in total. The molecular formula is C24H23N3O3. The Balaban J connectivity index is 1.72. The van der Waals surface area contributed by atoms with Crippen LogP contribution in [0.2, 0.25) is 0 Å². The van der Waals surface area contributed by atoms with Gasteiger partial charge in [0.1, 0.15) is 22.9 Å². The lowest BCUT2D eigenvalue weighted by Gasteiger charge is -2.24. The molecule has 4 aromatic rings. The topological polar surface area (TPSA) is 56.7 Å². The number of anilines is 2. The van der Waals surface area contributed by atoms with Crippen molar-refractivity contribution in [2.75, 3.05) is 18.3 Å². The minimum Gasteiger partial charge on any atom is -0.491 e. The zero-order valence-electron chi connectivity index (χ0n) is 17.0. The fraction of sp³-hybridized carbons (Fsp3) is 0.167. The molecule has 0 saturated heterocycles. The molecule has 0 amide bonds. The van der Waals surface area contributed by atoms with Crippen molar-refractivity contribution in [2.45, 2.75) is 13.8 Å². The first-order valence-electron chi connectivity index (χ1n) is 9.93. The highest BCUT2D eigenvalue weighted by Crippen LogP contribution is 2.37. The van der Waals surface area contributed by atoms with E-state index in [0.29, 0.717) is 36.3 Å². The molecule has 0 bridgehead atoms. The van der Waals surface area contributed by atoms with E-state index in [2.05, 4.69) is 9.97 Å². The zero-order valence-corrected chi connectivity index (χ0v) is 17.0. The van der Waals surface area contributed by atoms with E-state index in [4.69, 9.17) is 14.3 Å². The van der Waals surface area contributed by atoms with E-state index in [9.17, 15) is 0 Å². The number of para-hydroxylation sites is 2. The summed E-state index contributed by atoms with van der Waals surface area (Å²) in [7, 11) is 0. The van der Waals surface area contributed by atoms with Gasteiger partial charge in [-0.15, -0.1) is 0 Å². The SMILES string of the molecule is CCOc1cc(Oc2ccccc2)ccc1N(OCC)c1ncc2ccccc2n1. The third kappa shape index (κ3) is 4.34. The molecule has 4 rings (SSSR count). The average molecular weight is 401 g/mol. The van der Waals surface area contributed by atoms with Gasteiger partial charge in [-0.3, -0.25) is 4.84 Å². The maximum absolute atomic E-state index is 5.95. The summed E-state index contributed by atoms with van der Waals surface area (Å²) in [5.41, 5.74) is 1.54. The molecule has 30 heavy (non-hydrogen) atoms. The van der Waals surface area contributed by atoms with Crippen LogP contribution >= 0.6 is 0 Å². The molecule has 0 saturated carbocycles. The molecule has 0 unspecified atom stereocenters. The second-order valence-electron chi connectivity index (χ2n) is 6.42. The van der Waals surface area contributed by atoms with Gasteiger partial charge in [-0.2, -0.15) is 5.06 Å². The van der Waals surface area contributed by atoms with E-state index in [1.54, 1.807) is 11.3 Å². The zero-order chi connectivity index (χ0) is 20.8. The van der Waals surface area contributed by atoms with Crippen molar-refractivity contribution in [3.63, 3.8) is 0 Å². The Hall–Kier alpha value is -3.64. The van der Waals surface area contributed by atoms with Gasteiger partial charge < -0.3 is 9.47 Å². The van der Waals surface area contributed by atoms with Crippen LogP contribution < -0.4 is 14.5 Å². The van der Waals surface area contributed by atoms with Crippen LogP contribution in [-0.2, 0) is 4.84 Å². The van der Waals surface area contributed by atoms with Crippen molar-refractivity contribution < 1.29 is 14.3 Å². The van der Waals surface area contributed by atoms with Crippen LogP contribution in [-0.4, -0.2) is 23.2 Å². The van der Waals surface area contributed by atoms with Gasteiger partial charge in [-0.05, 0) is 44.2 Å². The molecule has 0 aliphatic rings. The Morgan fingerprint density at radius 3 is 2.43 bits per heavy atom. The van der Waals surface area contributed by atoms with Gasteiger partial charge in [-0.1, -0.05) is 36.4 Å². The molecule has 0 atom stereocenters. The maximum atomic E-state index is 5.95. The highest BCUT2D eigenvalue weighted by Gasteiger charge is 2.19. The highest BCUT2D eigenvalue weighted by molar-refractivity contribution is 5.79. The molecule has 6 heteroatoms. The minimum atomic E-state index is 0.438. The molecule has 1 heterocycles. The predicted molar refractivity (Wildman–Crippen MR) is 117 cm³/mol. The van der Waals surface area contributed by atoms with Gasteiger partial charge in [0.15, 0.2) is 0 Å². The molecule has 0 fully saturated rings. The summed E-state index contributed by atoms with van der Waals surface area (Å²) in [6.45, 7) is 4.80. The van der Waals surface area contributed by atoms with Gasteiger partial charge in [0, 0.05) is 17.6 Å². The first kappa shape index (κ1) is 19.7. The van der Waals surface area contributed by atoms with Gasteiger partial charge in [0.25, 0.3) is 5.95 Å². The number of hydrogen-bond acceptors (Lipinski definition) is 6. The van der Waals surface area contributed by atoms with Crippen molar-refractivity contribution >= 4 is 22.5 Å². The lowest BCUT2D eigenvalue weighted by atomic mass is 10.2. The lowest BCUT2D eigenvalue weighted by molar-refractivity contribution is 0.144. The lowest BCUT2D eigenvalue weighted by Crippen LogP contribution is -2.21. The van der Waals surface area contributed by atoms with Gasteiger partial charge in [0.2, 0.25) is 0 Å². The summed E-state index contributed by atoms with van der Waals surface area (Å²) in [4.78, 5) is 15.1. The van der Waals surface area contributed by atoms with Crippen LogP contribution in [0.25, 0.3) is 10.9 Å². The van der Waals surface area contributed by atoms with E-state index in [1.807, 2.05) is 86.6 Å². The van der Waals surface area contributed by atoms with Crippen LogP contribution in [0.15, 0.2) is 79.0 Å². The fourth-order valence-electron chi connectivity index (χ4n) is 3.05. The summed E-state index contributed by atoms with van der Waals surface area (Å²) >= 11 is 0. The van der Waals surface area contributed by atoms with Gasteiger partial charge in [-0.25, -0.2) is 9.97 Å². The highest BCUT2D eigenvalue weighted by atomic mass is 16.7. The van der Waals surface area contributed by atoms with Crippen LogP contribution in [0, 0.1) is 0 Å². The monoisotopic (exact) mass is 401 g/mol. The smallest absolute Gasteiger partial charge is 0.255 e. The van der Waals surface area contributed by atoms with E-state index in [0.717, 1.165) is 16.7 Å². The van der Waals surface area contributed by atoms with E-state index in [1.165, 1.54) is 0 Å². The Labute approximate surface area is 175 Å². The molecule has 1 aromatic heterocycles. The number of benzene rings is 3. The fourth-order valence-corrected chi connectivity index (χ4v) is 3.05. The number of nitrogens with zero attached hydrogens (tertiary/aromatic N) is 3. The van der Waals surface area contributed by atoms with E-state index in [-0.39, 0.29) is 0 Å². The minimum absolute atomic E-state index is 0.438. The summed E-state index contributed by atoms with van der Waals surface area (Å²) in [5, 5.41) is 2.57. The Kier molecular flexibility index (Phi) is 6.06. The molecule has 0 radical (unpaired) electrons. The third-order valence-electron chi connectivity index (χ3n) is 4.34. The van der Waals surface area contributed by atoms with Crippen molar-refractivity contribution in [1.29, 1.82) is 0 Å². The van der Waals surface area contributed by atoms with Crippen LogP contribution in [0.4, 0.5) is 11.6 Å². The Morgan fingerprint density at radius 1 is 0.833 bits per heavy atom. The Morgan fingerprint density at radius 2 is 1.63 bits per heavy atom. The second-order valence-corrected chi connectivity index (χ2v) is 6.42. The molecule has 0 N–H and O–H groups in total. The van der Waals surface area contributed by atoms with Crippen molar-refractivity contribution in [1.82, 2.24) is 9.97 Å². The molecule has 0 spiro atoms. The quantitative estimate of drug-likeness (QED) is 0.342. The van der Waals surface area contributed by atoms with Crippen LogP contribution in [0.5, 0.6) is 17.2 Å². The maximum Gasteiger partial charge on any atom is 0.255 e. The number of fused-ring (bicyclic) bond motifs is 1. The summed E-state index contributed by atoms with van der Waals surface area (Å²) < 4.78 is 11.8. The average Bonchev–Trinajstić information content (AvgIpc) is 2.79. The normalized spacial score (nSPS) is 10.7. The van der Waals surface area contributed by atoms with Crippen molar-refractivity contribution in [3.8, 4) is 17.2 Å². The standard InChI is InChI=1S/C24H23N3O3/c1-3-28-23-16-20(30-19-11-6-5-7-12-19)14-15-22(23)27(29-4-2)24-25-17-18-10-8-9-13-21(18)26-24/h5-17H,3-4H2,1-2H3. The molecule has 0 aliphatic carbocycles. The summed E-state index contributed by atoms with van der Waals surface area (Å²) in [6.07, 6.45) is 1.79. The van der Waals surface area contributed by atoms with Crippen molar-refractivity contribution in [3.05, 3.63) is 79.0 Å². The second kappa shape index (κ2) is 9.24. The van der Waals surface area contributed by atoms with Gasteiger partial charge in [0.05, 0.1) is 18.7 Å². The van der Waals surface area contributed by atoms with E-state index < -0.39 is 0 Å². The van der Waals surface area contributed by atoms with E-state index >= 15 is 0 Å². The largest absolute Gasteiger partial charge is 0.491 e.